The van der Waals surface area contributed by atoms with Gasteiger partial charge in [0, 0.05) is 26.3 Å². The van der Waals surface area contributed by atoms with Gasteiger partial charge < -0.3 is 4.98 Å². The summed E-state index contributed by atoms with van der Waals surface area (Å²) in [5, 5.41) is 0. The van der Waals surface area contributed by atoms with E-state index in [1.165, 1.54) is 5.56 Å². The number of hydrogen-bond acceptors (Lipinski definition) is 1. The molecule has 1 nitrogen and oxygen atoms in total. The number of hydrogen-bond donors (Lipinski definition) is 0. The van der Waals surface area contributed by atoms with Gasteiger partial charge in [0.1, 0.15) is 0 Å². The van der Waals surface area contributed by atoms with Crippen molar-refractivity contribution in [3.8, 4) is 11.3 Å². The van der Waals surface area contributed by atoms with Crippen molar-refractivity contribution in [2.45, 2.75) is 26.2 Å². The zero-order valence-electron chi connectivity index (χ0n) is 10.3. The summed E-state index contributed by atoms with van der Waals surface area (Å²) < 4.78 is 0. The Kier molecular flexibility index (Phi) is 4.61. The Morgan fingerprint density at radius 3 is 2.47 bits per heavy atom. The van der Waals surface area contributed by atoms with Crippen LogP contribution in [0.2, 0.25) is 0 Å². The molecule has 0 aliphatic heterocycles. The van der Waals surface area contributed by atoms with E-state index in [4.69, 9.17) is 0 Å². The van der Waals surface area contributed by atoms with E-state index in [9.17, 15) is 0 Å². The smallest absolute Gasteiger partial charge is 0.0160 e. The van der Waals surface area contributed by atoms with Crippen molar-refractivity contribution in [3.63, 3.8) is 0 Å². The summed E-state index contributed by atoms with van der Waals surface area (Å²) in [5.41, 5.74) is 3.52. The molecule has 0 aliphatic carbocycles. The van der Waals surface area contributed by atoms with Gasteiger partial charge >= 0.3 is 0 Å². The summed E-state index contributed by atoms with van der Waals surface area (Å²) in [4.78, 5) is 4.34. The second-order valence-electron chi connectivity index (χ2n) is 4.96. The summed E-state index contributed by atoms with van der Waals surface area (Å²) in [6, 6.07) is 15.4. The summed E-state index contributed by atoms with van der Waals surface area (Å²) in [6.07, 6.45) is 1.81. The van der Waals surface area contributed by atoms with Crippen molar-refractivity contribution in [3.05, 3.63) is 54.2 Å². The van der Waals surface area contributed by atoms with Crippen LogP contribution in [0.4, 0.5) is 0 Å². The van der Waals surface area contributed by atoms with Crippen molar-refractivity contribution in [2.24, 2.45) is 0 Å². The second-order valence-corrected chi connectivity index (χ2v) is 4.96. The third-order valence-electron chi connectivity index (χ3n) is 2.61. The van der Waals surface area contributed by atoms with Gasteiger partial charge in [-0.2, -0.15) is 0 Å². The van der Waals surface area contributed by atoms with Gasteiger partial charge in [0.25, 0.3) is 0 Å². The number of rotatable bonds is 1. The predicted molar refractivity (Wildman–Crippen MR) is 67.2 cm³/mol. The second kappa shape index (κ2) is 5.57. The SMILES string of the molecule is CC(C)(C)c1cc[c-]c(-c2ccccn2)c1.[Ir]. The average Bonchev–Trinajstić information content (AvgIpc) is 2.29. The van der Waals surface area contributed by atoms with Crippen LogP contribution in [0.25, 0.3) is 11.3 Å². The van der Waals surface area contributed by atoms with E-state index >= 15 is 0 Å². The Hall–Kier alpha value is -0.981. The Morgan fingerprint density at radius 1 is 1.12 bits per heavy atom. The zero-order chi connectivity index (χ0) is 11.6. The molecule has 1 aromatic heterocycles. The van der Waals surface area contributed by atoms with Crippen molar-refractivity contribution in [1.82, 2.24) is 4.98 Å². The van der Waals surface area contributed by atoms with Crippen LogP contribution in [0, 0.1) is 6.07 Å². The quantitative estimate of drug-likeness (QED) is 0.661. The Balaban J connectivity index is 0.00000144. The predicted octanol–water partition coefficient (Wildman–Crippen LogP) is 3.84. The van der Waals surface area contributed by atoms with Crippen LogP contribution in [0.15, 0.2) is 42.6 Å². The molecule has 0 spiro atoms. The molecule has 0 unspecified atom stereocenters. The molecule has 0 amide bonds. The van der Waals surface area contributed by atoms with Crippen molar-refractivity contribution in [2.75, 3.05) is 0 Å². The average molecular weight is 403 g/mol. The van der Waals surface area contributed by atoms with Gasteiger partial charge in [-0.1, -0.05) is 32.9 Å². The molecule has 2 heteroatoms. The van der Waals surface area contributed by atoms with Gasteiger partial charge in [-0.3, -0.25) is 0 Å². The summed E-state index contributed by atoms with van der Waals surface area (Å²) in [5.74, 6) is 0. The van der Waals surface area contributed by atoms with E-state index in [0.29, 0.717) is 0 Å². The van der Waals surface area contributed by atoms with Crippen molar-refractivity contribution in [1.29, 1.82) is 0 Å². The van der Waals surface area contributed by atoms with Gasteiger partial charge in [-0.05, 0) is 17.2 Å². The van der Waals surface area contributed by atoms with Gasteiger partial charge in [0.15, 0.2) is 0 Å². The first-order valence-electron chi connectivity index (χ1n) is 5.51. The van der Waals surface area contributed by atoms with E-state index in [2.05, 4.69) is 44.0 Å². The molecule has 1 aromatic carbocycles. The van der Waals surface area contributed by atoms with Gasteiger partial charge in [-0.15, -0.1) is 35.4 Å². The van der Waals surface area contributed by atoms with Crippen LogP contribution in [0.3, 0.4) is 0 Å². The van der Waals surface area contributed by atoms with Crippen LogP contribution < -0.4 is 0 Å². The molecule has 2 rings (SSSR count). The molecule has 0 aliphatic rings. The maximum Gasteiger partial charge on any atom is 0.0160 e. The molecule has 0 saturated carbocycles. The number of pyridine rings is 1. The summed E-state index contributed by atoms with van der Waals surface area (Å²) >= 11 is 0. The molecule has 0 fully saturated rings. The van der Waals surface area contributed by atoms with Crippen LogP contribution in [0.1, 0.15) is 26.3 Å². The maximum absolute atomic E-state index is 4.34. The van der Waals surface area contributed by atoms with Crippen LogP contribution in [0.5, 0.6) is 0 Å². The van der Waals surface area contributed by atoms with Crippen LogP contribution >= 0.6 is 0 Å². The monoisotopic (exact) mass is 403 g/mol. The van der Waals surface area contributed by atoms with Gasteiger partial charge in [-0.25, -0.2) is 0 Å². The number of aromatic nitrogens is 1. The summed E-state index contributed by atoms with van der Waals surface area (Å²) in [6.45, 7) is 6.64. The molecular formula is C15H16IrN-. The van der Waals surface area contributed by atoms with E-state index in [1.54, 1.807) is 0 Å². The Labute approximate surface area is 117 Å². The first-order chi connectivity index (χ1) is 7.57. The molecule has 1 heterocycles. The number of benzene rings is 1. The normalized spacial score (nSPS) is 10.8. The molecule has 0 N–H and O–H groups in total. The summed E-state index contributed by atoms with van der Waals surface area (Å²) in [7, 11) is 0. The first-order valence-corrected chi connectivity index (χ1v) is 5.51. The molecule has 2 aromatic rings. The van der Waals surface area contributed by atoms with Gasteiger partial charge in [0.2, 0.25) is 0 Å². The minimum absolute atomic E-state index is 0. The molecule has 0 atom stereocenters. The fraction of sp³-hybridized carbons (Fsp3) is 0.267. The molecule has 0 saturated heterocycles. The zero-order valence-corrected chi connectivity index (χ0v) is 12.7. The van der Waals surface area contributed by atoms with Crippen molar-refractivity contribution >= 4 is 0 Å². The fourth-order valence-corrected chi connectivity index (χ4v) is 1.60. The van der Waals surface area contributed by atoms with Crippen molar-refractivity contribution < 1.29 is 20.1 Å². The molecule has 91 valence electrons. The van der Waals surface area contributed by atoms with E-state index in [0.717, 1.165) is 11.3 Å². The van der Waals surface area contributed by atoms with Crippen LogP contribution in [-0.2, 0) is 25.5 Å². The minimum atomic E-state index is 0. The fourth-order valence-electron chi connectivity index (χ4n) is 1.60. The standard InChI is InChI=1S/C15H16N.Ir/c1-15(2,3)13-8-6-7-12(11-13)14-9-4-5-10-16-14;/h4-6,8-11H,1-3H3;/q-1;. The van der Waals surface area contributed by atoms with E-state index in [-0.39, 0.29) is 25.5 Å². The Morgan fingerprint density at radius 2 is 1.88 bits per heavy atom. The first kappa shape index (κ1) is 14.1. The molecule has 0 bridgehead atoms. The van der Waals surface area contributed by atoms with E-state index < -0.39 is 0 Å². The molecular weight excluding hydrogens is 386 g/mol. The van der Waals surface area contributed by atoms with Gasteiger partial charge in [0.05, 0.1) is 0 Å². The molecule has 17 heavy (non-hydrogen) atoms. The van der Waals surface area contributed by atoms with Crippen LogP contribution in [-0.4, -0.2) is 4.98 Å². The minimum Gasteiger partial charge on any atom is -0.305 e. The third kappa shape index (κ3) is 3.49. The largest absolute Gasteiger partial charge is 0.305 e. The number of nitrogens with zero attached hydrogens (tertiary/aromatic N) is 1. The topological polar surface area (TPSA) is 12.9 Å². The maximum atomic E-state index is 4.34. The third-order valence-corrected chi connectivity index (χ3v) is 2.61. The Bertz CT molecular complexity index is 472. The molecule has 1 radical (unpaired) electrons. The van der Waals surface area contributed by atoms with E-state index in [1.807, 2.05) is 30.5 Å².